The molecule has 2 N–H and O–H groups in total. The van der Waals surface area contributed by atoms with Crippen LogP contribution >= 0.6 is 0 Å². The lowest BCUT2D eigenvalue weighted by molar-refractivity contribution is -0.385. The molecule has 0 aliphatic heterocycles. The number of hydrogen-bond acceptors (Lipinski definition) is 3. The summed E-state index contributed by atoms with van der Waals surface area (Å²) < 4.78 is 0. The molecule has 0 aliphatic carbocycles. The van der Waals surface area contributed by atoms with E-state index in [-0.39, 0.29) is 5.69 Å². The molecule has 13 heavy (non-hydrogen) atoms. The quantitative estimate of drug-likeness (QED) is 0.428. The molecule has 1 aromatic carbocycles. The van der Waals surface area contributed by atoms with E-state index in [1.165, 1.54) is 6.07 Å². The Kier molecular flexibility index (Phi) is 2.32. The smallest absolute Gasteiger partial charge is 0.278 e. The van der Waals surface area contributed by atoms with E-state index in [1.807, 2.05) is 0 Å². The fraction of sp³-hybridized carbons (Fsp3) is 0.111. The predicted molar refractivity (Wildman–Crippen MR) is 52.2 cm³/mol. The molecule has 0 atom stereocenters. The first-order chi connectivity index (χ1) is 6.02. The van der Waals surface area contributed by atoms with Gasteiger partial charge in [-0.2, -0.15) is 0 Å². The van der Waals surface area contributed by atoms with Crippen LogP contribution in [0.4, 0.5) is 11.4 Å². The zero-order valence-electron chi connectivity index (χ0n) is 7.28. The minimum atomic E-state index is -0.458. The van der Waals surface area contributed by atoms with Crippen LogP contribution in [0.25, 0.3) is 5.57 Å². The van der Waals surface area contributed by atoms with Gasteiger partial charge in [0.25, 0.3) is 5.69 Å². The van der Waals surface area contributed by atoms with Crippen molar-refractivity contribution < 1.29 is 4.92 Å². The van der Waals surface area contributed by atoms with Crippen molar-refractivity contribution in [2.75, 3.05) is 5.73 Å². The highest BCUT2D eigenvalue weighted by Gasteiger charge is 2.13. The lowest BCUT2D eigenvalue weighted by Gasteiger charge is -2.02. The van der Waals surface area contributed by atoms with Gasteiger partial charge < -0.3 is 5.73 Å². The summed E-state index contributed by atoms with van der Waals surface area (Å²) in [4.78, 5) is 10.1. The second-order valence-corrected chi connectivity index (χ2v) is 2.81. The monoisotopic (exact) mass is 178 g/mol. The molecule has 0 heterocycles. The van der Waals surface area contributed by atoms with E-state index in [2.05, 4.69) is 6.58 Å². The zero-order chi connectivity index (χ0) is 10.0. The van der Waals surface area contributed by atoms with E-state index in [1.54, 1.807) is 19.1 Å². The maximum absolute atomic E-state index is 10.6. The highest BCUT2D eigenvalue weighted by molar-refractivity contribution is 5.72. The van der Waals surface area contributed by atoms with Crippen LogP contribution in [0.15, 0.2) is 24.8 Å². The Hall–Kier alpha value is -1.84. The predicted octanol–water partition coefficient (Wildman–Crippen LogP) is 2.21. The fourth-order valence-electron chi connectivity index (χ4n) is 1.06. The number of nitrogen functional groups attached to an aromatic ring is 1. The van der Waals surface area contributed by atoms with Gasteiger partial charge in [-0.3, -0.25) is 10.1 Å². The van der Waals surface area contributed by atoms with Gasteiger partial charge in [-0.15, -0.1) is 0 Å². The SMILES string of the molecule is C=C(C)c1ccc(N)cc1[N+](=O)[O-]. The normalized spacial score (nSPS) is 9.62. The molecule has 0 radical (unpaired) electrons. The number of allylic oxidation sites excluding steroid dienone is 1. The number of benzene rings is 1. The number of nitro groups is 1. The third-order valence-corrected chi connectivity index (χ3v) is 1.68. The van der Waals surface area contributed by atoms with Gasteiger partial charge in [0.15, 0.2) is 0 Å². The van der Waals surface area contributed by atoms with E-state index >= 15 is 0 Å². The molecule has 0 aromatic heterocycles. The number of hydrogen-bond donors (Lipinski definition) is 1. The van der Waals surface area contributed by atoms with Crippen molar-refractivity contribution in [1.29, 1.82) is 0 Å². The summed E-state index contributed by atoms with van der Waals surface area (Å²) in [6.45, 7) is 5.37. The van der Waals surface area contributed by atoms with Gasteiger partial charge in [0.2, 0.25) is 0 Å². The highest BCUT2D eigenvalue weighted by atomic mass is 16.6. The van der Waals surface area contributed by atoms with Crippen LogP contribution in [-0.2, 0) is 0 Å². The second-order valence-electron chi connectivity index (χ2n) is 2.81. The number of nitrogens with zero attached hydrogens (tertiary/aromatic N) is 1. The van der Waals surface area contributed by atoms with Crippen molar-refractivity contribution >= 4 is 16.9 Å². The summed E-state index contributed by atoms with van der Waals surface area (Å²) in [7, 11) is 0. The Bertz CT molecular complexity index is 372. The Morgan fingerprint density at radius 1 is 1.62 bits per heavy atom. The molecule has 0 amide bonds. The average Bonchev–Trinajstić information content (AvgIpc) is 2.03. The van der Waals surface area contributed by atoms with Crippen LogP contribution in [0.2, 0.25) is 0 Å². The summed E-state index contributed by atoms with van der Waals surface area (Å²) in [5.41, 5.74) is 7.01. The van der Waals surface area contributed by atoms with E-state index in [9.17, 15) is 10.1 Å². The van der Waals surface area contributed by atoms with Gasteiger partial charge >= 0.3 is 0 Å². The Labute approximate surface area is 75.8 Å². The standard InChI is InChI=1S/C9H10N2O2/c1-6(2)8-4-3-7(10)5-9(8)11(12)13/h3-5H,1,10H2,2H3. The van der Waals surface area contributed by atoms with Crippen LogP contribution < -0.4 is 5.73 Å². The van der Waals surface area contributed by atoms with E-state index in [4.69, 9.17) is 5.73 Å². The Morgan fingerprint density at radius 3 is 2.69 bits per heavy atom. The molecule has 4 heteroatoms. The van der Waals surface area contributed by atoms with Gasteiger partial charge in [-0.1, -0.05) is 6.58 Å². The molecule has 0 unspecified atom stereocenters. The molecular formula is C9H10N2O2. The van der Waals surface area contributed by atoms with Crippen molar-refractivity contribution in [2.24, 2.45) is 0 Å². The van der Waals surface area contributed by atoms with Crippen LogP contribution in [0.5, 0.6) is 0 Å². The maximum atomic E-state index is 10.6. The minimum Gasteiger partial charge on any atom is -0.399 e. The summed E-state index contributed by atoms with van der Waals surface area (Å²) in [6, 6.07) is 4.57. The molecule has 0 aliphatic rings. The molecule has 1 rings (SSSR count). The molecule has 0 bridgehead atoms. The van der Waals surface area contributed by atoms with Crippen LogP contribution in [0.3, 0.4) is 0 Å². The van der Waals surface area contributed by atoms with Crippen molar-refractivity contribution in [2.45, 2.75) is 6.92 Å². The van der Waals surface area contributed by atoms with Crippen molar-refractivity contribution in [3.05, 3.63) is 40.5 Å². The Morgan fingerprint density at radius 2 is 2.23 bits per heavy atom. The third kappa shape index (κ3) is 1.84. The fourth-order valence-corrected chi connectivity index (χ4v) is 1.06. The molecular weight excluding hydrogens is 168 g/mol. The Balaban J connectivity index is 3.35. The minimum absolute atomic E-state index is 0.00694. The first kappa shape index (κ1) is 9.25. The molecule has 68 valence electrons. The van der Waals surface area contributed by atoms with Crippen molar-refractivity contribution in [1.82, 2.24) is 0 Å². The summed E-state index contributed by atoms with van der Waals surface area (Å²) in [6.07, 6.45) is 0. The van der Waals surface area contributed by atoms with Crippen LogP contribution in [0, 0.1) is 10.1 Å². The number of rotatable bonds is 2. The topological polar surface area (TPSA) is 69.2 Å². The molecule has 0 saturated heterocycles. The lowest BCUT2D eigenvalue weighted by Crippen LogP contribution is -1.95. The van der Waals surface area contributed by atoms with Crippen LogP contribution in [-0.4, -0.2) is 4.92 Å². The molecule has 0 spiro atoms. The van der Waals surface area contributed by atoms with Crippen LogP contribution in [0.1, 0.15) is 12.5 Å². The van der Waals surface area contributed by atoms with Gasteiger partial charge in [-0.05, 0) is 24.6 Å². The van der Waals surface area contributed by atoms with E-state index < -0.39 is 4.92 Å². The number of nitro benzene ring substituents is 1. The molecule has 0 fully saturated rings. The summed E-state index contributed by atoms with van der Waals surface area (Å²) >= 11 is 0. The van der Waals surface area contributed by atoms with Gasteiger partial charge in [-0.25, -0.2) is 0 Å². The van der Waals surface area contributed by atoms with Gasteiger partial charge in [0, 0.05) is 11.8 Å². The molecule has 1 aromatic rings. The first-order valence-corrected chi connectivity index (χ1v) is 3.72. The van der Waals surface area contributed by atoms with Crippen molar-refractivity contribution in [3.8, 4) is 0 Å². The maximum Gasteiger partial charge on any atom is 0.278 e. The van der Waals surface area contributed by atoms with Gasteiger partial charge in [0.05, 0.1) is 10.5 Å². The first-order valence-electron chi connectivity index (χ1n) is 3.72. The molecule has 4 nitrogen and oxygen atoms in total. The average molecular weight is 178 g/mol. The van der Waals surface area contributed by atoms with Crippen molar-refractivity contribution in [3.63, 3.8) is 0 Å². The van der Waals surface area contributed by atoms with Gasteiger partial charge in [0.1, 0.15) is 0 Å². The number of nitrogens with two attached hydrogens (primary N) is 1. The highest BCUT2D eigenvalue weighted by Crippen LogP contribution is 2.26. The molecule has 0 saturated carbocycles. The largest absolute Gasteiger partial charge is 0.399 e. The second kappa shape index (κ2) is 3.26. The lowest BCUT2D eigenvalue weighted by atomic mass is 10.1. The summed E-state index contributed by atoms with van der Waals surface area (Å²) in [5.74, 6) is 0. The van der Waals surface area contributed by atoms with E-state index in [0.717, 1.165) is 0 Å². The zero-order valence-corrected chi connectivity index (χ0v) is 7.28. The third-order valence-electron chi connectivity index (χ3n) is 1.68. The van der Waals surface area contributed by atoms with E-state index in [0.29, 0.717) is 16.8 Å². The summed E-state index contributed by atoms with van der Waals surface area (Å²) in [5, 5.41) is 10.6. The number of anilines is 1.